The highest BCUT2D eigenvalue weighted by Crippen LogP contribution is 2.34. The highest BCUT2D eigenvalue weighted by Gasteiger charge is 2.24. The fourth-order valence-electron chi connectivity index (χ4n) is 4.72. The standard InChI is InChI=1S/C27H29ClN6O/c1-16-11-20(35-2)9-10-21(16)17-12-25-26(32-19-8-7-18(29)13-19)22(14-31-34(25)15-17)27(30)33-24-6-4-3-5-23(24)28/h3-6,9-12,14-15,18-19,32H,7-8,13,29H2,1-2H3,(H2,30,33). The van der Waals surface area contributed by atoms with E-state index in [4.69, 9.17) is 27.8 Å². The van der Waals surface area contributed by atoms with E-state index in [1.807, 2.05) is 41.0 Å². The summed E-state index contributed by atoms with van der Waals surface area (Å²) in [5, 5.41) is 8.91. The third-order valence-corrected chi connectivity index (χ3v) is 6.89. The van der Waals surface area contributed by atoms with Gasteiger partial charge in [-0.2, -0.15) is 5.10 Å². The van der Waals surface area contributed by atoms with Crippen LogP contribution in [0.15, 0.2) is 65.9 Å². The first kappa shape index (κ1) is 23.2. The smallest absolute Gasteiger partial charge is 0.135 e. The molecule has 0 amide bonds. The SMILES string of the molecule is COc1ccc(-c2cc3c(NC4CCC(N)C4)c(C(N)=Nc4ccccc4Cl)cnn3c2)c(C)c1. The molecule has 1 fully saturated rings. The zero-order valence-corrected chi connectivity index (χ0v) is 20.6. The zero-order valence-electron chi connectivity index (χ0n) is 19.8. The third-order valence-electron chi connectivity index (χ3n) is 6.57. The number of aryl methyl sites for hydroxylation is 1. The van der Waals surface area contributed by atoms with Crippen molar-refractivity contribution in [1.82, 2.24) is 9.61 Å². The summed E-state index contributed by atoms with van der Waals surface area (Å²) in [4.78, 5) is 4.62. The second-order valence-electron chi connectivity index (χ2n) is 9.04. The molecule has 1 saturated carbocycles. The van der Waals surface area contributed by atoms with Crippen LogP contribution < -0.4 is 21.5 Å². The number of amidine groups is 1. The lowest BCUT2D eigenvalue weighted by molar-refractivity contribution is 0.414. The summed E-state index contributed by atoms with van der Waals surface area (Å²) in [6, 6.07) is 16.0. The lowest BCUT2D eigenvalue weighted by Gasteiger charge is -2.18. The number of hydrogen-bond acceptors (Lipinski definition) is 5. The van der Waals surface area contributed by atoms with Gasteiger partial charge in [-0.25, -0.2) is 9.51 Å². The van der Waals surface area contributed by atoms with Crippen molar-refractivity contribution in [1.29, 1.82) is 0 Å². The van der Waals surface area contributed by atoms with Crippen molar-refractivity contribution in [2.45, 2.75) is 38.3 Å². The number of nitrogens with zero attached hydrogens (tertiary/aromatic N) is 3. The Morgan fingerprint density at radius 1 is 1.20 bits per heavy atom. The van der Waals surface area contributed by atoms with Gasteiger partial charge in [-0.15, -0.1) is 0 Å². The van der Waals surface area contributed by atoms with Gasteiger partial charge in [-0.3, -0.25) is 0 Å². The van der Waals surface area contributed by atoms with Crippen molar-refractivity contribution in [2.75, 3.05) is 12.4 Å². The molecule has 2 unspecified atom stereocenters. The Kier molecular flexibility index (Phi) is 6.36. The number of anilines is 1. The zero-order chi connectivity index (χ0) is 24.5. The van der Waals surface area contributed by atoms with Crippen LogP contribution in [0.4, 0.5) is 11.4 Å². The second-order valence-corrected chi connectivity index (χ2v) is 9.44. The van der Waals surface area contributed by atoms with E-state index in [0.29, 0.717) is 16.5 Å². The number of hydrogen-bond donors (Lipinski definition) is 3. The van der Waals surface area contributed by atoms with Crippen LogP contribution in [-0.2, 0) is 0 Å². The van der Waals surface area contributed by atoms with Crippen LogP contribution in [-0.4, -0.2) is 34.6 Å². The summed E-state index contributed by atoms with van der Waals surface area (Å²) >= 11 is 6.33. The van der Waals surface area contributed by atoms with E-state index in [0.717, 1.165) is 58.5 Å². The fourth-order valence-corrected chi connectivity index (χ4v) is 4.90. The molecule has 5 rings (SSSR count). The predicted octanol–water partition coefficient (Wildman–Crippen LogP) is 5.30. The van der Waals surface area contributed by atoms with E-state index in [9.17, 15) is 0 Å². The van der Waals surface area contributed by atoms with E-state index >= 15 is 0 Å². The number of benzene rings is 2. The first-order valence-electron chi connectivity index (χ1n) is 11.7. The van der Waals surface area contributed by atoms with Gasteiger partial charge in [0.2, 0.25) is 0 Å². The number of aromatic nitrogens is 2. The number of rotatable bonds is 6. The predicted molar refractivity (Wildman–Crippen MR) is 143 cm³/mol. The minimum Gasteiger partial charge on any atom is -0.497 e. The van der Waals surface area contributed by atoms with Crippen LogP contribution in [0.1, 0.15) is 30.4 Å². The quantitative estimate of drug-likeness (QED) is 0.252. The van der Waals surface area contributed by atoms with E-state index in [2.05, 4.69) is 34.5 Å². The molecule has 180 valence electrons. The maximum absolute atomic E-state index is 6.53. The lowest BCUT2D eigenvalue weighted by atomic mass is 10.0. The van der Waals surface area contributed by atoms with Gasteiger partial charge in [0.25, 0.3) is 0 Å². The normalized spacial score (nSPS) is 18.2. The summed E-state index contributed by atoms with van der Waals surface area (Å²) in [6.45, 7) is 2.08. The molecule has 7 nitrogen and oxygen atoms in total. The molecule has 0 radical (unpaired) electrons. The van der Waals surface area contributed by atoms with E-state index in [1.54, 1.807) is 19.4 Å². The number of para-hydroxylation sites is 1. The summed E-state index contributed by atoms with van der Waals surface area (Å²) in [6.07, 6.45) is 6.68. The third kappa shape index (κ3) is 4.70. The Balaban J connectivity index is 1.63. The molecule has 2 heterocycles. The topological polar surface area (TPSA) is 103 Å². The largest absolute Gasteiger partial charge is 0.497 e. The summed E-state index contributed by atoms with van der Waals surface area (Å²) < 4.78 is 7.25. The molecule has 0 spiro atoms. The van der Waals surface area contributed by atoms with Crippen LogP contribution >= 0.6 is 11.6 Å². The van der Waals surface area contributed by atoms with Gasteiger partial charge in [0.05, 0.1) is 40.8 Å². The Morgan fingerprint density at radius 3 is 2.74 bits per heavy atom. The van der Waals surface area contributed by atoms with Crippen molar-refractivity contribution >= 4 is 34.3 Å². The minimum atomic E-state index is 0.201. The molecular formula is C27H29ClN6O. The minimum absolute atomic E-state index is 0.201. The lowest BCUT2D eigenvalue weighted by Crippen LogP contribution is -2.24. The molecule has 8 heteroatoms. The fraction of sp³-hybridized carbons (Fsp3) is 0.259. The first-order chi connectivity index (χ1) is 16.9. The van der Waals surface area contributed by atoms with Gasteiger partial charge in [0, 0.05) is 23.8 Å². The number of ether oxygens (including phenoxy) is 1. The van der Waals surface area contributed by atoms with Crippen LogP contribution in [0.5, 0.6) is 5.75 Å². The number of nitrogens with one attached hydrogen (secondary N) is 1. The molecule has 4 aromatic rings. The summed E-state index contributed by atoms with van der Waals surface area (Å²) in [7, 11) is 1.67. The molecule has 2 aromatic carbocycles. The number of halogens is 1. The van der Waals surface area contributed by atoms with Crippen molar-refractivity contribution in [3.8, 4) is 16.9 Å². The summed E-state index contributed by atoms with van der Waals surface area (Å²) in [5.41, 5.74) is 19.2. The van der Waals surface area contributed by atoms with E-state index < -0.39 is 0 Å². The second kappa shape index (κ2) is 9.60. The van der Waals surface area contributed by atoms with Crippen molar-refractivity contribution in [2.24, 2.45) is 16.5 Å². The average Bonchev–Trinajstić information content (AvgIpc) is 3.46. The number of methoxy groups -OCH3 is 1. The maximum atomic E-state index is 6.53. The molecule has 2 aromatic heterocycles. The molecule has 0 bridgehead atoms. The molecule has 35 heavy (non-hydrogen) atoms. The molecular weight excluding hydrogens is 460 g/mol. The highest BCUT2D eigenvalue weighted by atomic mass is 35.5. The van der Waals surface area contributed by atoms with Gasteiger partial charge >= 0.3 is 0 Å². The Morgan fingerprint density at radius 2 is 2.03 bits per heavy atom. The van der Waals surface area contributed by atoms with Crippen molar-refractivity contribution < 1.29 is 4.74 Å². The van der Waals surface area contributed by atoms with Gasteiger partial charge in [-0.05, 0) is 67.6 Å². The van der Waals surface area contributed by atoms with Gasteiger partial charge in [0.1, 0.15) is 11.6 Å². The van der Waals surface area contributed by atoms with Crippen LogP contribution in [0.25, 0.3) is 16.6 Å². The van der Waals surface area contributed by atoms with Crippen LogP contribution in [0, 0.1) is 6.92 Å². The number of aliphatic imine (C=N–C) groups is 1. The number of fused-ring (bicyclic) bond motifs is 1. The van der Waals surface area contributed by atoms with Crippen LogP contribution in [0.3, 0.4) is 0 Å². The number of nitrogens with two attached hydrogens (primary N) is 2. The molecule has 1 aliphatic rings. The molecule has 0 saturated heterocycles. The average molecular weight is 489 g/mol. The Labute approximate surface area is 209 Å². The van der Waals surface area contributed by atoms with Gasteiger partial charge in [-0.1, -0.05) is 29.8 Å². The molecule has 1 aliphatic carbocycles. The van der Waals surface area contributed by atoms with Gasteiger partial charge in [0.15, 0.2) is 0 Å². The van der Waals surface area contributed by atoms with Crippen molar-refractivity contribution in [3.05, 3.63) is 77.1 Å². The van der Waals surface area contributed by atoms with E-state index in [-0.39, 0.29) is 12.1 Å². The monoisotopic (exact) mass is 488 g/mol. The molecule has 5 N–H and O–H groups in total. The highest BCUT2D eigenvalue weighted by molar-refractivity contribution is 6.33. The molecule has 2 atom stereocenters. The first-order valence-corrected chi connectivity index (χ1v) is 12.1. The van der Waals surface area contributed by atoms with E-state index in [1.165, 1.54) is 0 Å². The van der Waals surface area contributed by atoms with Gasteiger partial charge < -0.3 is 21.5 Å². The van der Waals surface area contributed by atoms with Crippen molar-refractivity contribution in [3.63, 3.8) is 0 Å². The maximum Gasteiger partial charge on any atom is 0.135 e. The molecule has 0 aliphatic heterocycles. The van der Waals surface area contributed by atoms with Crippen LogP contribution in [0.2, 0.25) is 5.02 Å². The Hall–Kier alpha value is -3.55. The Bertz CT molecular complexity index is 1410. The summed E-state index contributed by atoms with van der Waals surface area (Å²) in [5.74, 6) is 1.18.